The van der Waals surface area contributed by atoms with Crippen LogP contribution in [0.4, 0.5) is 4.39 Å². The van der Waals surface area contributed by atoms with E-state index in [2.05, 4.69) is 23.9 Å². The summed E-state index contributed by atoms with van der Waals surface area (Å²) in [7, 11) is 0. The predicted molar refractivity (Wildman–Crippen MR) is 119 cm³/mol. The van der Waals surface area contributed by atoms with E-state index in [-0.39, 0.29) is 17.3 Å². The fourth-order valence-electron chi connectivity index (χ4n) is 4.68. The summed E-state index contributed by atoms with van der Waals surface area (Å²) in [4.78, 5) is 20.2. The Hall–Kier alpha value is -2.54. The van der Waals surface area contributed by atoms with Crippen LogP contribution in [0.15, 0.2) is 27.5 Å². The van der Waals surface area contributed by atoms with E-state index in [1.54, 1.807) is 6.07 Å². The molecule has 0 unspecified atom stereocenters. The first-order chi connectivity index (χ1) is 14.9. The van der Waals surface area contributed by atoms with E-state index < -0.39 is 0 Å². The van der Waals surface area contributed by atoms with Gasteiger partial charge >= 0.3 is 0 Å². The minimum Gasteiger partial charge on any atom is -0.356 e. The molecule has 6 nitrogen and oxygen atoms in total. The number of benzene rings is 1. The fraction of sp³-hybridized carbons (Fsp3) is 0.542. The highest BCUT2D eigenvalue weighted by atomic mass is 19.1. The molecule has 0 amide bonds. The predicted octanol–water partition coefficient (Wildman–Crippen LogP) is 4.40. The third-order valence-electron chi connectivity index (χ3n) is 6.45. The molecule has 4 rings (SSSR count). The molecule has 1 saturated heterocycles. The van der Waals surface area contributed by atoms with Crippen molar-refractivity contribution in [1.82, 2.24) is 19.6 Å². The maximum absolute atomic E-state index is 13.4. The van der Waals surface area contributed by atoms with Gasteiger partial charge in [-0.2, -0.15) is 0 Å². The van der Waals surface area contributed by atoms with Crippen LogP contribution in [0.3, 0.4) is 0 Å². The minimum atomic E-state index is -0.307. The van der Waals surface area contributed by atoms with Gasteiger partial charge in [0.05, 0.1) is 5.69 Å². The molecular formula is C24H31FN4O2. The van der Waals surface area contributed by atoms with Crippen LogP contribution in [0, 0.1) is 12.7 Å². The number of hydrogen-bond acceptors (Lipinski definition) is 5. The summed E-state index contributed by atoms with van der Waals surface area (Å²) in [6.07, 6.45) is 2.66. The van der Waals surface area contributed by atoms with E-state index in [9.17, 15) is 9.18 Å². The largest absolute Gasteiger partial charge is 0.356 e. The molecule has 1 aromatic carbocycles. The zero-order valence-electron chi connectivity index (χ0n) is 18.8. The van der Waals surface area contributed by atoms with Gasteiger partial charge in [-0.15, -0.1) is 0 Å². The van der Waals surface area contributed by atoms with Gasteiger partial charge in [0.25, 0.3) is 5.56 Å². The van der Waals surface area contributed by atoms with Crippen LogP contribution in [0.2, 0.25) is 0 Å². The van der Waals surface area contributed by atoms with Gasteiger partial charge in [-0.05, 0) is 58.3 Å². The van der Waals surface area contributed by atoms with E-state index >= 15 is 0 Å². The second-order valence-corrected chi connectivity index (χ2v) is 8.81. The Balaban J connectivity index is 1.41. The maximum Gasteiger partial charge on any atom is 0.256 e. The molecule has 3 heterocycles. The van der Waals surface area contributed by atoms with E-state index in [1.165, 1.54) is 12.1 Å². The molecule has 1 aliphatic heterocycles. The normalized spacial score (nSPS) is 15.9. The highest BCUT2D eigenvalue weighted by molar-refractivity contribution is 5.79. The van der Waals surface area contributed by atoms with Gasteiger partial charge in [-0.1, -0.05) is 19.0 Å². The molecular weight excluding hydrogens is 395 g/mol. The lowest BCUT2D eigenvalue weighted by atomic mass is 9.91. The summed E-state index contributed by atoms with van der Waals surface area (Å²) in [5.74, 6) is 1.10. The number of nitrogens with zero attached hydrogens (tertiary/aromatic N) is 4. The number of hydrogen-bond donors (Lipinski definition) is 0. The first-order valence-corrected chi connectivity index (χ1v) is 11.3. The van der Waals surface area contributed by atoms with Crippen molar-refractivity contribution in [1.29, 1.82) is 0 Å². The molecule has 0 aliphatic carbocycles. The summed E-state index contributed by atoms with van der Waals surface area (Å²) in [6, 6.07) is 4.62. The van der Waals surface area contributed by atoms with Gasteiger partial charge in [0, 0.05) is 47.6 Å². The second kappa shape index (κ2) is 8.91. The second-order valence-electron chi connectivity index (χ2n) is 8.81. The molecule has 2 aromatic heterocycles. The Morgan fingerprint density at radius 2 is 2.00 bits per heavy atom. The third-order valence-corrected chi connectivity index (χ3v) is 6.45. The van der Waals surface area contributed by atoms with Crippen molar-refractivity contribution in [2.45, 2.75) is 65.3 Å². The molecule has 0 bridgehead atoms. The fourth-order valence-corrected chi connectivity index (χ4v) is 4.68. The van der Waals surface area contributed by atoms with Crippen molar-refractivity contribution >= 4 is 11.0 Å². The van der Waals surface area contributed by atoms with Crippen molar-refractivity contribution in [2.24, 2.45) is 0 Å². The molecule has 1 fully saturated rings. The molecule has 0 saturated carbocycles. The van der Waals surface area contributed by atoms with Crippen molar-refractivity contribution in [3.8, 4) is 0 Å². The topological polar surface area (TPSA) is 64.2 Å². The molecule has 0 N–H and O–H groups in total. The van der Waals surface area contributed by atoms with Gasteiger partial charge in [0.15, 0.2) is 5.58 Å². The van der Waals surface area contributed by atoms with E-state index in [1.807, 2.05) is 18.4 Å². The van der Waals surface area contributed by atoms with Crippen LogP contribution in [0.1, 0.15) is 68.2 Å². The summed E-state index contributed by atoms with van der Waals surface area (Å²) in [5.41, 5.74) is 3.24. The van der Waals surface area contributed by atoms with E-state index in [0.29, 0.717) is 24.5 Å². The van der Waals surface area contributed by atoms with Crippen LogP contribution in [-0.2, 0) is 13.0 Å². The number of rotatable bonds is 6. The Bertz CT molecular complexity index is 1130. The Morgan fingerprint density at radius 1 is 1.26 bits per heavy atom. The zero-order chi connectivity index (χ0) is 22.1. The van der Waals surface area contributed by atoms with Crippen molar-refractivity contribution in [3.63, 3.8) is 0 Å². The molecule has 1 aliphatic rings. The first kappa shape index (κ1) is 21.7. The van der Waals surface area contributed by atoms with Crippen LogP contribution >= 0.6 is 0 Å². The monoisotopic (exact) mass is 426 g/mol. The quantitative estimate of drug-likeness (QED) is 0.585. The lowest BCUT2D eigenvalue weighted by Crippen LogP contribution is -2.36. The number of piperidine rings is 1. The van der Waals surface area contributed by atoms with Gasteiger partial charge < -0.3 is 9.42 Å². The molecule has 0 spiro atoms. The van der Waals surface area contributed by atoms with E-state index in [0.717, 1.165) is 60.6 Å². The molecule has 0 radical (unpaired) electrons. The number of likely N-dealkylation sites (tertiary alicyclic amines) is 1. The van der Waals surface area contributed by atoms with Crippen molar-refractivity contribution in [2.75, 3.05) is 19.6 Å². The summed E-state index contributed by atoms with van der Waals surface area (Å²) < 4.78 is 20.6. The Kier molecular flexibility index (Phi) is 6.23. The summed E-state index contributed by atoms with van der Waals surface area (Å²) >= 11 is 0. The maximum atomic E-state index is 13.4. The Labute approximate surface area is 182 Å². The van der Waals surface area contributed by atoms with Crippen LogP contribution in [-0.4, -0.2) is 39.2 Å². The zero-order valence-corrected chi connectivity index (χ0v) is 18.8. The smallest absolute Gasteiger partial charge is 0.256 e. The van der Waals surface area contributed by atoms with Gasteiger partial charge in [0.1, 0.15) is 11.6 Å². The number of aryl methyl sites for hydroxylation is 1. The SMILES string of the molecule is CCn1c(C(C)C)nc(C)c(CCN2CCC(c3noc4cc(F)ccc34)CC2)c1=O. The average Bonchev–Trinajstić information content (AvgIpc) is 3.16. The first-order valence-electron chi connectivity index (χ1n) is 11.3. The van der Waals surface area contributed by atoms with E-state index in [4.69, 9.17) is 9.51 Å². The summed E-state index contributed by atoms with van der Waals surface area (Å²) in [6.45, 7) is 11.5. The average molecular weight is 427 g/mol. The lowest BCUT2D eigenvalue weighted by molar-refractivity contribution is 0.211. The molecule has 0 atom stereocenters. The van der Waals surface area contributed by atoms with Crippen LogP contribution in [0.25, 0.3) is 11.0 Å². The Morgan fingerprint density at radius 3 is 2.68 bits per heavy atom. The highest BCUT2D eigenvalue weighted by Gasteiger charge is 2.25. The molecule has 3 aromatic rings. The lowest BCUT2D eigenvalue weighted by Gasteiger charge is -2.31. The van der Waals surface area contributed by atoms with Crippen LogP contribution < -0.4 is 5.56 Å². The molecule has 7 heteroatoms. The van der Waals surface area contributed by atoms with Crippen LogP contribution in [0.5, 0.6) is 0 Å². The third kappa shape index (κ3) is 4.28. The van der Waals surface area contributed by atoms with Crippen molar-refractivity contribution < 1.29 is 8.91 Å². The van der Waals surface area contributed by atoms with Gasteiger partial charge in [-0.25, -0.2) is 9.37 Å². The van der Waals surface area contributed by atoms with Gasteiger partial charge in [0.2, 0.25) is 0 Å². The number of halogens is 1. The summed E-state index contributed by atoms with van der Waals surface area (Å²) in [5, 5.41) is 5.14. The number of aromatic nitrogens is 3. The minimum absolute atomic E-state index is 0.106. The standard InChI is InChI=1S/C24H31FN4O2/c1-5-29-23(15(2)3)26-16(4)19(24(29)30)10-13-28-11-8-17(9-12-28)22-20-7-6-18(25)14-21(20)31-27-22/h6-7,14-15,17H,5,8-13H2,1-4H3. The van der Waals surface area contributed by atoms with Gasteiger partial charge in [-0.3, -0.25) is 9.36 Å². The number of fused-ring (bicyclic) bond motifs is 1. The molecule has 166 valence electrons. The van der Waals surface area contributed by atoms with Crippen molar-refractivity contribution in [3.05, 3.63) is 57.1 Å². The molecule has 31 heavy (non-hydrogen) atoms. The highest BCUT2D eigenvalue weighted by Crippen LogP contribution is 2.32.